The Balaban J connectivity index is 2.29. The van der Waals surface area contributed by atoms with Crippen LogP contribution in [0.3, 0.4) is 0 Å². The first-order chi connectivity index (χ1) is 13.4. The summed E-state index contributed by atoms with van der Waals surface area (Å²) in [5, 5.41) is 38.8. The largest absolute Gasteiger partial charge is 0.481 e. The zero-order valence-electron chi connectivity index (χ0n) is 16.6. The number of allylic oxidation sites excluding steroid dienone is 4. The maximum atomic E-state index is 10.4. The van der Waals surface area contributed by atoms with E-state index in [1.807, 2.05) is 43.4 Å². The number of carboxylic acids is 1. The number of carbonyl (C=O) groups is 1. The monoisotopic (exact) mass is 394 g/mol. The molecule has 28 heavy (non-hydrogen) atoms. The van der Waals surface area contributed by atoms with E-state index < -0.39 is 36.5 Å². The fraction of sp³-hybridized carbons (Fsp3) is 0.591. The van der Waals surface area contributed by atoms with Gasteiger partial charge in [-0.25, -0.2) is 0 Å². The Morgan fingerprint density at radius 1 is 1.11 bits per heavy atom. The fourth-order valence-corrected chi connectivity index (χ4v) is 2.84. The SMILES string of the molecule is CC/C=C\C[C@H](O)[C@H]1C[C@H](O)[C@@H](/C=C/[C@H](O)C/C=C\C/C=C\CCC(=O)O)O1. The quantitative estimate of drug-likeness (QED) is 0.358. The van der Waals surface area contributed by atoms with Gasteiger partial charge in [-0.15, -0.1) is 0 Å². The second-order valence-electron chi connectivity index (χ2n) is 6.92. The molecule has 0 spiro atoms. The first-order valence-electron chi connectivity index (χ1n) is 9.98. The first-order valence-corrected chi connectivity index (χ1v) is 9.98. The van der Waals surface area contributed by atoms with Gasteiger partial charge in [0.05, 0.1) is 24.4 Å². The lowest BCUT2D eigenvalue weighted by atomic mass is 10.0. The number of ether oxygens (including phenoxy) is 1. The number of carboxylic acid groups (broad SMARTS) is 1. The summed E-state index contributed by atoms with van der Waals surface area (Å²) >= 11 is 0. The number of aliphatic carboxylic acids is 1. The summed E-state index contributed by atoms with van der Waals surface area (Å²) in [6.07, 6.45) is 15.3. The second-order valence-corrected chi connectivity index (χ2v) is 6.92. The zero-order valence-corrected chi connectivity index (χ0v) is 16.6. The molecule has 0 aromatic heterocycles. The molecule has 0 radical (unpaired) electrons. The van der Waals surface area contributed by atoms with Gasteiger partial charge < -0.3 is 25.2 Å². The normalized spacial score (nSPS) is 25.5. The first kappa shape index (κ1) is 24.3. The molecule has 6 heteroatoms. The van der Waals surface area contributed by atoms with E-state index in [0.717, 1.165) is 6.42 Å². The minimum Gasteiger partial charge on any atom is -0.481 e. The number of aliphatic hydroxyl groups is 3. The van der Waals surface area contributed by atoms with Crippen molar-refractivity contribution in [3.05, 3.63) is 48.6 Å². The molecule has 1 heterocycles. The molecule has 1 rings (SSSR count). The Morgan fingerprint density at radius 2 is 1.82 bits per heavy atom. The highest BCUT2D eigenvalue weighted by atomic mass is 16.5. The van der Waals surface area contributed by atoms with Gasteiger partial charge in [0.15, 0.2) is 0 Å². The molecular formula is C22H34O6. The summed E-state index contributed by atoms with van der Waals surface area (Å²) in [6.45, 7) is 2.03. The number of aliphatic hydroxyl groups excluding tert-OH is 3. The highest BCUT2D eigenvalue weighted by Crippen LogP contribution is 2.25. The lowest BCUT2D eigenvalue weighted by molar-refractivity contribution is -0.136. The van der Waals surface area contributed by atoms with Crippen molar-refractivity contribution in [3.63, 3.8) is 0 Å². The molecule has 0 aliphatic carbocycles. The van der Waals surface area contributed by atoms with Gasteiger partial charge in [0.25, 0.3) is 0 Å². The van der Waals surface area contributed by atoms with Gasteiger partial charge in [0.1, 0.15) is 6.10 Å². The molecule has 0 unspecified atom stereocenters. The average Bonchev–Trinajstić information content (AvgIpc) is 3.03. The van der Waals surface area contributed by atoms with Gasteiger partial charge >= 0.3 is 5.97 Å². The number of hydrogen-bond acceptors (Lipinski definition) is 5. The molecular weight excluding hydrogens is 360 g/mol. The van der Waals surface area contributed by atoms with E-state index in [1.165, 1.54) is 0 Å². The van der Waals surface area contributed by atoms with Gasteiger partial charge in [-0.1, -0.05) is 55.5 Å². The standard InChI is InChI=1S/C22H34O6/c1-2-3-8-12-18(24)21-16-19(25)20(28-21)15-14-17(23)11-9-6-4-5-7-10-13-22(26)27/h3,5-9,14-15,17-21,23-25H,2,4,10-13,16H2,1H3,(H,26,27)/b7-5-,8-3-,9-6-,15-14+/t17-,18+,19+,20-,21-/m1/s1. The topological polar surface area (TPSA) is 107 Å². The predicted octanol–water partition coefficient (Wildman–Crippen LogP) is 2.90. The molecule has 4 N–H and O–H groups in total. The molecule has 1 saturated heterocycles. The summed E-state index contributed by atoms with van der Waals surface area (Å²) in [7, 11) is 0. The number of hydrogen-bond donors (Lipinski definition) is 4. The van der Waals surface area contributed by atoms with E-state index in [9.17, 15) is 20.1 Å². The van der Waals surface area contributed by atoms with Crippen molar-refractivity contribution >= 4 is 5.97 Å². The van der Waals surface area contributed by atoms with Crippen molar-refractivity contribution in [1.82, 2.24) is 0 Å². The Bertz CT molecular complexity index is 551. The van der Waals surface area contributed by atoms with Crippen molar-refractivity contribution in [1.29, 1.82) is 0 Å². The van der Waals surface area contributed by atoms with Crippen LogP contribution in [0.4, 0.5) is 0 Å². The maximum absolute atomic E-state index is 10.4. The van der Waals surface area contributed by atoms with Crippen molar-refractivity contribution in [2.75, 3.05) is 0 Å². The van der Waals surface area contributed by atoms with Gasteiger partial charge in [-0.05, 0) is 32.1 Å². The Morgan fingerprint density at radius 3 is 2.54 bits per heavy atom. The predicted molar refractivity (Wildman–Crippen MR) is 109 cm³/mol. The molecule has 0 bridgehead atoms. The maximum Gasteiger partial charge on any atom is 0.303 e. The van der Waals surface area contributed by atoms with E-state index in [-0.39, 0.29) is 6.42 Å². The van der Waals surface area contributed by atoms with Gasteiger partial charge in [0, 0.05) is 12.8 Å². The van der Waals surface area contributed by atoms with Gasteiger partial charge in [0.2, 0.25) is 0 Å². The van der Waals surface area contributed by atoms with Crippen LogP contribution in [0, 0.1) is 0 Å². The molecule has 1 fully saturated rings. The molecule has 6 nitrogen and oxygen atoms in total. The minimum atomic E-state index is -0.805. The van der Waals surface area contributed by atoms with E-state index >= 15 is 0 Å². The Hall–Kier alpha value is -1.73. The van der Waals surface area contributed by atoms with Crippen LogP contribution in [-0.2, 0) is 9.53 Å². The van der Waals surface area contributed by atoms with Crippen molar-refractivity contribution in [2.45, 2.75) is 82.4 Å². The molecule has 0 amide bonds. The second kappa shape index (κ2) is 14.3. The third kappa shape index (κ3) is 10.6. The van der Waals surface area contributed by atoms with Crippen LogP contribution in [0.2, 0.25) is 0 Å². The summed E-state index contributed by atoms with van der Waals surface area (Å²) in [5.41, 5.74) is 0. The van der Waals surface area contributed by atoms with E-state index in [1.54, 1.807) is 12.2 Å². The Labute approximate surface area is 167 Å². The molecule has 1 aliphatic rings. The third-order valence-electron chi connectivity index (χ3n) is 4.42. The molecule has 1 aliphatic heterocycles. The van der Waals surface area contributed by atoms with Crippen LogP contribution in [0.25, 0.3) is 0 Å². The van der Waals surface area contributed by atoms with Crippen LogP contribution >= 0.6 is 0 Å². The van der Waals surface area contributed by atoms with Crippen molar-refractivity contribution in [2.24, 2.45) is 0 Å². The minimum absolute atomic E-state index is 0.131. The van der Waals surface area contributed by atoms with Crippen LogP contribution in [0.15, 0.2) is 48.6 Å². The van der Waals surface area contributed by atoms with E-state index in [4.69, 9.17) is 9.84 Å². The molecule has 0 aromatic rings. The summed E-state index contributed by atoms with van der Waals surface area (Å²) in [5.74, 6) is -0.805. The lowest BCUT2D eigenvalue weighted by Gasteiger charge is -2.16. The zero-order chi connectivity index (χ0) is 20.8. The smallest absolute Gasteiger partial charge is 0.303 e. The fourth-order valence-electron chi connectivity index (χ4n) is 2.84. The summed E-state index contributed by atoms with van der Waals surface area (Å²) < 4.78 is 5.71. The van der Waals surface area contributed by atoms with Gasteiger partial charge in [-0.2, -0.15) is 0 Å². The average molecular weight is 395 g/mol. The van der Waals surface area contributed by atoms with Crippen LogP contribution in [-0.4, -0.2) is 56.9 Å². The van der Waals surface area contributed by atoms with E-state index in [0.29, 0.717) is 32.1 Å². The highest BCUT2D eigenvalue weighted by Gasteiger charge is 2.35. The van der Waals surface area contributed by atoms with Gasteiger partial charge in [-0.3, -0.25) is 4.79 Å². The van der Waals surface area contributed by atoms with Crippen LogP contribution in [0.1, 0.15) is 51.9 Å². The Kier molecular flexibility index (Phi) is 12.4. The third-order valence-corrected chi connectivity index (χ3v) is 4.42. The van der Waals surface area contributed by atoms with Crippen LogP contribution in [0.5, 0.6) is 0 Å². The summed E-state index contributed by atoms with van der Waals surface area (Å²) in [4.78, 5) is 10.4. The molecule has 0 saturated carbocycles. The lowest BCUT2D eigenvalue weighted by Crippen LogP contribution is -2.25. The molecule has 5 atom stereocenters. The molecule has 158 valence electrons. The van der Waals surface area contributed by atoms with Crippen molar-refractivity contribution < 1.29 is 30.0 Å². The highest BCUT2D eigenvalue weighted by molar-refractivity contribution is 5.66. The van der Waals surface area contributed by atoms with Crippen molar-refractivity contribution in [3.8, 4) is 0 Å². The van der Waals surface area contributed by atoms with Crippen LogP contribution < -0.4 is 0 Å². The number of rotatable bonds is 13. The van der Waals surface area contributed by atoms with E-state index in [2.05, 4.69) is 0 Å². The molecule has 0 aromatic carbocycles. The summed E-state index contributed by atoms with van der Waals surface area (Å²) in [6, 6.07) is 0.